The molecule has 0 radical (unpaired) electrons. The summed E-state index contributed by atoms with van der Waals surface area (Å²) in [7, 11) is 0. The summed E-state index contributed by atoms with van der Waals surface area (Å²) >= 11 is 1.66. The molecule has 0 saturated carbocycles. The predicted octanol–water partition coefficient (Wildman–Crippen LogP) is 3.39. The number of para-hydroxylation sites is 1. The van der Waals surface area contributed by atoms with Crippen LogP contribution in [0.4, 0.5) is 0 Å². The van der Waals surface area contributed by atoms with Crippen molar-refractivity contribution in [3.63, 3.8) is 0 Å². The first-order valence-corrected chi connectivity index (χ1v) is 8.60. The molecule has 0 unspecified atom stereocenters. The summed E-state index contributed by atoms with van der Waals surface area (Å²) in [6.45, 7) is 2.08. The van der Waals surface area contributed by atoms with Crippen LogP contribution in [-0.2, 0) is 6.42 Å². The third-order valence-corrected chi connectivity index (χ3v) is 4.74. The molecule has 0 fully saturated rings. The molecule has 0 spiro atoms. The number of benzene rings is 1. The minimum absolute atomic E-state index is 0.0272. The van der Waals surface area contributed by atoms with Gasteiger partial charge in [0.15, 0.2) is 11.6 Å². The first kappa shape index (κ1) is 15.0. The van der Waals surface area contributed by atoms with Crippen LogP contribution in [0.25, 0.3) is 27.3 Å². The highest BCUT2D eigenvalue weighted by atomic mass is 32.1. The summed E-state index contributed by atoms with van der Waals surface area (Å²) in [6, 6.07) is 12.2. The van der Waals surface area contributed by atoms with Crippen molar-refractivity contribution in [2.75, 3.05) is 6.61 Å². The van der Waals surface area contributed by atoms with E-state index in [1.165, 1.54) is 0 Å². The Hall–Kier alpha value is -2.57. The maximum absolute atomic E-state index is 9.23. The molecule has 0 atom stereocenters. The molecule has 4 aromatic rings. The van der Waals surface area contributed by atoms with Crippen molar-refractivity contribution >= 4 is 21.6 Å². The zero-order valence-corrected chi connectivity index (χ0v) is 14.0. The van der Waals surface area contributed by atoms with Crippen LogP contribution >= 0.6 is 11.3 Å². The summed E-state index contributed by atoms with van der Waals surface area (Å²) in [6.07, 6.45) is 2.26. The number of hydrogen-bond donors (Lipinski definition) is 1. The van der Waals surface area contributed by atoms with Gasteiger partial charge < -0.3 is 5.11 Å². The van der Waals surface area contributed by atoms with Crippen LogP contribution in [0.5, 0.6) is 0 Å². The average Bonchev–Trinajstić information content (AvgIpc) is 3.21. The van der Waals surface area contributed by atoms with Crippen LogP contribution in [0.15, 0.2) is 48.0 Å². The van der Waals surface area contributed by atoms with Gasteiger partial charge in [0, 0.05) is 18.2 Å². The fraction of sp³-hybridized carbons (Fsp3) is 0.167. The Balaban J connectivity index is 1.91. The number of pyridine rings is 1. The number of aliphatic hydroxyl groups is 1. The first-order valence-electron chi connectivity index (χ1n) is 7.72. The molecule has 0 bridgehead atoms. The Morgan fingerprint density at radius 1 is 1.21 bits per heavy atom. The molecular formula is C18H16N4OS. The molecule has 0 aliphatic rings. The molecule has 3 aromatic heterocycles. The molecule has 6 heteroatoms. The van der Waals surface area contributed by atoms with E-state index in [0.29, 0.717) is 12.2 Å². The molecule has 24 heavy (non-hydrogen) atoms. The number of hydrogen-bond acceptors (Lipinski definition) is 5. The van der Waals surface area contributed by atoms with Gasteiger partial charge in [0.1, 0.15) is 0 Å². The quantitative estimate of drug-likeness (QED) is 0.620. The van der Waals surface area contributed by atoms with E-state index < -0.39 is 0 Å². The molecule has 5 nitrogen and oxygen atoms in total. The fourth-order valence-corrected chi connectivity index (χ4v) is 3.47. The second kappa shape index (κ2) is 6.14. The highest BCUT2D eigenvalue weighted by molar-refractivity contribution is 7.17. The number of aryl methyl sites for hydroxylation is 1. The van der Waals surface area contributed by atoms with E-state index in [0.717, 1.165) is 32.9 Å². The topological polar surface area (TPSA) is 63.8 Å². The molecule has 1 N–H and O–H groups in total. The summed E-state index contributed by atoms with van der Waals surface area (Å²) in [5.41, 5.74) is 4.01. The van der Waals surface area contributed by atoms with Gasteiger partial charge in [-0.3, -0.25) is 4.98 Å². The van der Waals surface area contributed by atoms with Gasteiger partial charge in [-0.1, -0.05) is 18.2 Å². The number of fused-ring (bicyclic) bond motifs is 1. The van der Waals surface area contributed by atoms with Crippen LogP contribution in [0.1, 0.15) is 11.4 Å². The van der Waals surface area contributed by atoms with E-state index in [1.807, 2.05) is 53.5 Å². The lowest BCUT2D eigenvalue weighted by Gasteiger charge is -2.08. The van der Waals surface area contributed by atoms with Crippen molar-refractivity contribution in [1.82, 2.24) is 19.7 Å². The van der Waals surface area contributed by atoms with Crippen LogP contribution in [0.2, 0.25) is 0 Å². The maximum Gasteiger partial charge on any atom is 0.165 e. The van der Waals surface area contributed by atoms with Gasteiger partial charge >= 0.3 is 0 Å². The smallest absolute Gasteiger partial charge is 0.165 e. The van der Waals surface area contributed by atoms with E-state index in [-0.39, 0.29) is 6.61 Å². The largest absolute Gasteiger partial charge is 0.396 e. The van der Waals surface area contributed by atoms with Gasteiger partial charge in [0.25, 0.3) is 0 Å². The lowest BCUT2D eigenvalue weighted by Crippen LogP contribution is -2.02. The van der Waals surface area contributed by atoms with Crippen molar-refractivity contribution < 1.29 is 5.11 Å². The molecule has 0 saturated heterocycles. The molecule has 4 rings (SSSR count). The SMILES string of the molecule is Cc1ccccc1-n1nc(CCO)nc1-c1cnc2ccsc2c1. The Morgan fingerprint density at radius 3 is 2.92 bits per heavy atom. The van der Waals surface area contributed by atoms with Gasteiger partial charge in [0.05, 0.1) is 22.5 Å². The number of aromatic nitrogens is 4. The maximum atomic E-state index is 9.23. The van der Waals surface area contributed by atoms with Crippen LogP contribution in [-0.4, -0.2) is 31.5 Å². The van der Waals surface area contributed by atoms with Crippen molar-refractivity contribution in [2.45, 2.75) is 13.3 Å². The third-order valence-electron chi connectivity index (χ3n) is 3.89. The Morgan fingerprint density at radius 2 is 2.08 bits per heavy atom. The Labute approximate surface area is 143 Å². The number of thiophene rings is 1. The third kappa shape index (κ3) is 2.60. The molecule has 0 amide bonds. The van der Waals surface area contributed by atoms with Gasteiger partial charge in [-0.25, -0.2) is 9.67 Å². The van der Waals surface area contributed by atoms with Crippen molar-refractivity contribution in [3.05, 3.63) is 59.4 Å². The van der Waals surface area contributed by atoms with E-state index in [1.54, 1.807) is 11.3 Å². The minimum atomic E-state index is 0.0272. The highest BCUT2D eigenvalue weighted by Crippen LogP contribution is 2.27. The second-order valence-corrected chi connectivity index (χ2v) is 6.50. The van der Waals surface area contributed by atoms with E-state index in [9.17, 15) is 5.11 Å². The minimum Gasteiger partial charge on any atom is -0.396 e. The predicted molar refractivity (Wildman–Crippen MR) is 95.5 cm³/mol. The summed E-state index contributed by atoms with van der Waals surface area (Å²) in [5.74, 6) is 1.37. The van der Waals surface area contributed by atoms with Crippen LogP contribution in [0.3, 0.4) is 0 Å². The molecule has 3 heterocycles. The van der Waals surface area contributed by atoms with E-state index >= 15 is 0 Å². The molecule has 1 aromatic carbocycles. The molecule has 0 aliphatic heterocycles. The van der Waals surface area contributed by atoms with E-state index in [4.69, 9.17) is 0 Å². The summed E-state index contributed by atoms with van der Waals surface area (Å²) in [4.78, 5) is 9.15. The Kier molecular flexibility index (Phi) is 3.84. The van der Waals surface area contributed by atoms with Crippen molar-refractivity contribution in [2.24, 2.45) is 0 Å². The monoisotopic (exact) mass is 336 g/mol. The standard InChI is InChI=1S/C18H16N4OS/c1-12-4-2-3-5-15(12)22-18(20-17(21-22)6-8-23)13-10-16-14(19-11-13)7-9-24-16/h2-5,7,9-11,23H,6,8H2,1H3. The number of aliphatic hydroxyl groups excluding tert-OH is 1. The van der Waals surface area contributed by atoms with Gasteiger partial charge in [-0.05, 0) is 36.1 Å². The second-order valence-electron chi connectivity index (χ2n) is 5.55. The highest BCUT2D eigenvalue weighted by Gasteiger charge is 2.15. The Bertz CT molecular complexity index is 1010. The first-order chi connectivity index (χ1) is 11.8. The fourth-order valence-electron chi connectivity index (χ4n) is 2.69. The van der Waals surface area contributed by atoms with Crippen LogP contribution < -0.4 is 0 Å². The molecular weight excluding hydrogens is 320 g/mol. The summed E-state index contributed by atoms with van der Waals surface area (Å²) < 4.78 is 2.96. The normalized spacial score (nSPS) is 11.2. The van der Waals surface area contributed by atoms with Crippen molar-refractivity contribution in [3.8, 4) is 17.1 Å². The zero-order valence-electron chi connectivity index (χ0n) is 13.2. The van der Waals surface area contributed by atoms with Crippen molar-refractivity contribution in [1.29, 1.82) is 0 Å². The lowest BCUT2D eigenvalue weighted by molar-refractivity contribution is 0.296. The van der Waals surface area contributed by atoms with Gasteiger partial charge in [0.2, 0.25) is 0 Å². The number of nitrogens with zero attached hydrogens (tertiary/aromatic N) is 4. The van der Waals surface area contributed by atoms with Crippen LogP contribution in [0, 0.1) is 6.92 Å². The zero-order chi connectivity index (χ0) is 16.5. The average molecular weight is 336 g/mol. The van der Waals surface area contributed by atoms with E-state index in [2.05, 4.69) is 21.1 Å². The summed E-state index contributed by atoms with van der Waals surface area (Å²) in [5, 5.41) is 15.9. The molecule has 0 aliphatic carbocycles. The van der Waals surface area contributed by atoms with Gasteiger partial charge in [-0.2, -0.15) is 5.10 Å². The molecule has 120 valence electrons. The lowest BCUT2D eigenvalue weighted by atomic mass is 10.2. The van der Waals surface area contributed by atoms with Gasteiger partial charge in [-0.15, -0.1) is 11.3 Å². The number of rotatable bonds is 4.